The Morgan fingerprint density at radius 2 is 0.907 bits per heavy atom. The molecule has 0 saturated heterocycles. The van der Waals surface area contributed by atoms with Gasteiger partial charge in [-0.1, -0.05) is 59.6 Å². The van der Waals surface area contributed by atoms with Crippen molar-refractivity contribution in [3.8, 4) is 11.5 Å². The maximum absolute atomic E-state index is 11.9. The van der Waals surface area contributed by atoms with E-state index in [0.717, 1.165) is 0 Å². The first-order valence-electron chi connectivity index (χ1n) is 12.0. The van der Waals surface area contributed by atoms with Gasteiger partial charge in [0.2, 0.25) is 0 Å². The van der Waals surface area contributed by atoms with Crippen molar-refractivity contribution in [3.63, 3.8) is 0 Å². The molecular formula is C28H18Cl2N2NaO8S2. The zero-order valence-electron chi connectivity index (χ0n) is 22.0. The van der Waals surface area contributed by atoms with Gasteiger partial charge in [-0.3, -0.25) is 9.11 Å². The second-order valence-electron chi connectivity index (χ2n) is 9.16. The van der Waals surface area contributed by atoms with Crippen LogP contribution in [0.15, 0.2) is 84.9 Å². The molecule has 0 unspecified atom stereocenters. The van der Waals surface area contributed by atoms with Crippen LogP contribution >= 0.6 is 23.2 Å². The maximum atomic E-state index is 11.9. The number of hydrogen-bond acceptors (Lipinski definition) is 8. The minimum atomic E-state index is -5.00. The van der Waals surface area contributed by atoms with Gasteiger partial charge in [-0.2, -0.15) is 16.8 Å². The van der Waals surface area contributed by atoms with Crippen LogP contribution in [0.4, 0.5) is 22.7 Å². The summed E-state index contributed by atoms with van der Waals surface area (Å²) in [5, 5.41) is 8.35. The van der Waals surface area contributed by atoms with E-state index in [4.69, 9.17) is 31.6 Å². The van der Waals surface area contributed by atoms with Crippen molar-refractivity contribution in [2.45, 2.75) is 0 Å². The quantitative estimate of drug-likeness (QED) is 0.0736. The van der Waals surface area contributed by atoms with Crippen molar-refractivity contribution < 1.29 is 34.3 Å². The van der Waals surface area contributed by atoms with Gasteiger partial charge in [0.25, 0.3) is 0 Å². The van der Waals surface area contributed by atoms with Crippen molar-refractivity contribution in [2.24, 2.45) is 0 Å². The molecule has 0 amide bonds. The smallest absolute Gasteiger partial charge is 0.361 e. The van der Waals surface area contributed by atoms with Crippen LogP contribution in [0.5, 0.6) is 11.5 Å². The summed E-state index contributed by atoms with van der Waals surface area (Å²) in [6, 6.07) is 23.6. The Balaban J connectivity index is 0.00000368. The van der Waals surface area contributed by atoms with E-state index in [2.05, 4.69) is 10.6 Å². The molecule has 4 N–H and O–H groups in total. The van der Waals surface area contributed by atoms with Gasteiger partial charge in [0.1, 0.15) is 0 Å². The van der Waals surface area contributed by atoms with Crippen molar-refractivity contribution in [1.29, 1.82) is 0 Å². The SMILES string of the molecule is O=S(=O)(O)Oc1cc(Cl)c2cc(Nc3ccccc3)c3c(OS(=O)(=O)O)cc(Cl)c4cc(Nc5ccccc5)c1c2c43.[Na]. The van der Waals surface area contributed by atoms with Crippen LogP contribution in [0, 0.1) is 0 Å². The topological polar surface area (TPSA) is 151 Å². The zero-order valence-corrected chi connectivity index (χ0v) is 27.1. The molecule has 0 aliphatic carbocycles. The average Bonchev–Trinajstić information content (AvgIpc) is 2.90. The van der Waals surface area contributed by atoms with Crippen LogP contribution < -0.4 is 19.0 Å². The maximum Gasteiger partial charge on any atom is 0.446 e. The number of anilines is 4. The van der Waals surface area contributed by atoms with Crippen molar-refractivity contribution in [1.82, 2.24) is 0 Å². The molecule has 215 valence electrons. The van der Waals surface area contributed by atoms with Crippen LogP contribution in [0.1, 0.15) is 0 Å². The first kappa shape index (κ1) is 31.4. The third-order valence-corrected chi connectivity index (χ3v) is 7.83. The molecule has 10 nitrogen and oxygen atoms in total. The number of halogens is 2. The third kappa shape index (κ3) is 6.43. The summed E-state index contributed by atoms with van der Waals surface area (Å²) < 4.78 is 76.7. The molecule has 6 rings (SSSR count). The number of rotatable bonds is 8. The molecule has 0 spiro atoms. The summed E-state index contributed by atoms with van der Waals surface area (Å²) in [5.74, 6) is -0.616. The van der Waals surface area contributed by atoms with E-state index in [9.17, 15) is 25.9 Å². The van der Waals surface area contributed by atoms with E-state index in [1.807, 2.05) is 12.1 Å². The minimum absolute atomic E-state index is 0. The number of nitrogens with one attached hydrogen (secondary N) is 2. The van der Waals surface area contributed by atoms with Gasteiger partial charge >= 0.3 is 20.8 Å². The van der Waals surface area contributed by atoms with Crippen LogP contribution in [0.25, 0.3) is 32.3 Å². The van der Waals surface area contributed by atoms with E-state index >= 15 is 0 Å². The Kier molecular flexibility index (Phi) is 8.62. The van der Waals surface area contributed by atoms with E-state index < -0.39 is 20.8 Å². The molecule has 0 aliphatic rings. The Hall–Kier alpha value is -3.04. The molecule has 0 aliphatic heterocycles. The molecule has 6 aromatic rings. The summed E-state index contributed by atoms with van der Waals surface area (Å²) in [4.78, 5) is 0. The molecule has 6 aromatic carbocycles. The standard InChI is InChI=1S/C28H18Cl2N2O8S2.Na/c29-19-14-24(40-42(36,37)38)28-22(32-16-9-5-2-6-10-16)12-18-20(30)13-23(39-41(33,34)35)27-21(11-17(19)26(28)25(18)27)31-15-7-3-1-4-8-15;/h1-14,31-32H,(H,33,34,35)(H,36,37,38);. The van der Waals surface area contributed by atoms with E-state index in [1.165, 1.54) is 12.1 Å². The molecule has 1 radical (unpaired) electrons. The summed E-state index contributed by atoms with van der Waals surface area (Å²) in [6.45, 7) is 0. The second kappa shape index (κ2) is 11.8. The Morgan fingerprint density at radius 1 is 0.558 bits per heavy atom. The molecule has 0 heterocycles. The van der Waals surface area contributed by atoms with E-state index in [-0.39, 0.29) is 61.9 Å². The molecule has 0 fully saturated rings. The van der Waals surface area contributed by atoms with E-state index in [1.54, 1.807) is 60.7 Å². The summed E-state index contributed by atoms with van der Waals surface area (Å²) in [5.41, 5.74) is 1.94. The molecule has 15 heteroatoms. The normalized spacial score (nSPS) is 11.9. The predicted octanol–water partition coefficient (Wildman–Crippen LogP) is 7.36. The fourth-order valence-corrected chi connectivity index (χ4v) is 6.18. The van der Waals surface area contributed by atoms with Gasteiger partial charge in [-0.25, -0.2) is 0 Å². The van der Waals surface area contributed by atoms with Crippen LogP contribution in [-0.2, 0) is 20.8 Å². The van der Waals surface area contributed by atoms with Crippen LogP contribution in [0.3, 0.4) is 0 Å². The number of hydrogen-bond donors (Lipinski definition) is 4. The molecule has 0 bridgehead atoms. The molecule has 43 heavy (non-hydrogen) atoms. The second-order valence-corrected chi connectivity index (χ2v) is 12.0. The van der Waals surface area contributed by atoms with Crippen molar-refractivity contribution in [2.75, 3.05) is 10.6 Å². The van der Waals surface area contributed by atoms with Gasteiger partial charge < -0.3 is 19.0 Å². The number of benzene rings is 6. The van der Waals surface area contributed by atoms with E-state index in [0.29, 0.717) is 44.3 Å². The van der Waals surface area contributed by atoms with Crippen LogP contribution in [0.2, 0.25) is 10.0 Å². The summed E-state index contributed by atoms with van der Waals surface area (Å²) in [7, 11) is -10.0. The van der Waals surface area contributed by atoms with Gasteiger partial charge in [0.05, 0.1) is 32.2 Å². The molecule has 0 atom stereocenters. The predicted molar refractivity (Wildman–Crippen MR) is 170 cm³/mol. The molecular weight excluding hydrogens is 650 g/mol. The van der Waals surface area contributed by atoms with Gasteiger partial charge in [0, 0.05) is 74.6 Å². The fourth-order valence-electron chi connectivity index (χ4n) is 4.96. The van der Waals surface area contributed by atoms with Crippen molar-refractivity contribution in [3.05, 3.63) is 95.0 Å². The van der Waals surface area contributed by atoms with Gasteiger partial charge in [-0.15, -0.1) is 0 Å². The van der Waals surface area contributed by atoms with Crippen molar-refractivity contribution >= 4 is 129 Å². The molecule has 0 aromatic heterocycles. The third-order valence-electron chi connectivity index (χ3n) is 6.42. The van der Waals surface area contributed by atoms with Gasteiger partial charge in [0.15, 0.2) is 11.5 Å². The number of para-hydroxylation sites is 2. The average molecular weight is 668 g/mol. The monoisotopic (exact) mass is 667 g/mol. The largest absolute Gasteiger partial charge is 0.446 e. The zero-order chi connectivity index (χ0) is 29.8. The fraction of sp³-hybridized carbons (Fsp3) is 0. The van der Waals surface area contributed by atoms with Gasteiger partial charge in [-0.05, 0) is 36.4 Å². The van der Waals surface area contributed by atoms with Crippen LogP contribution in [-0.4, -0.2) is 55.5 Å². The Labute approximate surface area is 278 Å². The Morgan fingerprint density at radius 3 is 1.23 bits per heavy atom. The summed E-state index contributed by atoms with van der Waals surface area (Å²) in [6.07, 6.45) is 0. The molecule has 0 saturated carbocycles. The first-order valence-corrected chi connectivity index (χ1v) is 15.5. The summed E-state index contributed by atoms with van der Waals surface area (Å²) >= 11 is 13.4. The minimum Gasteiger partial charge on any atom is -0.361 e. The Bertz CT molecular complexity index is 2060. The first-order chi connectivity index (χ1) is 19.9.